The number of benzene rings is 1. The molecule has 1 aliphatic rings. The third-order valence-corrected chi connectivity index (χ3v) is 4.59. The SMILES string of the molecule is O=c1[nH]c(SCc2nc3ccccc3[nH]2)nc2c1CCC2. The Morgan fingerprint density at radius 1 is 1.14 bits per heavy atom. The fraction of sp³-hybridized carbons (Fsp3) is 0.267. The van der Waals surface area contributed by atoms with Crippen molar-refractivity contribution >= 4 is 22.8 Å². The first-order valence-corrected chi connectivity index (χ1v) is 7.96. The number of para-hydroxylation sites is 2. The van der Waals surface area contributed by atoms with Crippen LogP contribution in [0, 0.1) is 0 Å². The van der Waals surface area contributed by atoms with Crippen molar-refractivity contribution in [3.8, 4) is 0 Å². The number of aryl methyl sites for hydroxylation is 1. The highest BCUT2D eigenvalue weighted by Crippen LogP contribution is 2.22. The number of H-pyrrole nitrogens is 2. The maximum Gasteiger partial charge on any atom is 0.254 e. The molecule has 0 atom stereocenters. The quantitative estimate of drug-likeness (QED) is 0.575. The van der Waals surface area contributed by atoms with Gasteiger partial charge in [-0.3, -0.25) is 4.79 Å². The molecule has 0 fully saturated rings. The zero-order chi connectivity index (χ0) is 14.2. The van der Waals surface area contributed by atoms with E-state index in [0.717, 1.165) is 47.4 Å². The molecule has 0 radical (unpaired) electrons. The van der Waals surface area contributed by atoms with Gasteiger partial charge in [0.2, 0.25) is 0 Å². The minimum Gasteiger partial charge on any atom is -0.341 e. The van der Waals surface area contributed by atoms with Crippen LogP contribution in [-0.4, -0.2) is 19.9 Å². The molecule has 106 valence electrons. The van der Waals surface area contributed by atoms with Crippen molar-refractivity contribution in [2.45, 2.75) is 30.2 Å². The number of aromatic nitrogens is 4. The number of fused-ring (bicyclic) bond motifs is 2. The Balaban J connectivity index is 1.57. The average molecular weight is 298 g/mol. The number of imidazole rings is 1. The fourth-order valence-corrected chi connectivity index (χ4v) is 3.45. The lowest BCUT2D eigenvalue weighted by molar-refractivity contribution is 0.868. The fourth-order valence-electron chi connectivity index (χ4n) is 2.70. The Morgan fingerprint density at radius 2 is 2.05 bits per heavy atom. The van der Waals surface area contributed by atoms with E-state index in [1.807, 2.05) is 24.3 Å². The summed E-state index contributed by atoms with van der Waals surface area (Å²) in [4.78, 5) is 27.2. The van der Waals surface area contributed by atoms with Crippen LogP contribution in [0.1, 0.15) is 23.5 Å². The molecule has 0 saturated heterocycles. The molecule has 1 aliphatic carbocycles. The number of hydrogen-bond donors (Lipinski definition) is 2. The maximum atomic E-state index is 12.0. The van der Waals surface area contributed by atoms with E-state index >= 15 is 0 Å². The first-order chi connectivity index (χ1) is 10.3. The van der Waals surface area contributed by atoms with E-state index < -0.39 is 0 Å². The topological polar surface area (TPSA) is 74.4 Å². The number of rotatable bonds is 3. The third-order valence-electron chi connectivity index (χ3n) is 3.70. The third kappa shape index (κ3) is 2.35. The molecule has 0 unspecified atom stereocenters. The summed E-state index contributed by atoms with van der Waals surface area (Å²) in [5, 5.41) is 0.682. The number of aromatic amines is 2. The van der Waals surface area contributed by atoms with Crippen molar-refractivity contribution in [2.24, 2.45) is 0 Å². The molecule has 2 heterocycles. The van der Waals surface area contributed by atoms with Crippen molar-refractivity contribution < 1.29 is 0 Å². The van der Waals surface area contributed by atoms with Crippen LogP contribution in [0.25, 0.3) is 11.0 Å². The van der Waals surface area contributed by atoms with Gasteiger partial charge in [-0.25, -0.2) is 9.97 Å². The molecule has 0 amide bonds. The van der Waals surface area contributed by atoms with Crippen LogP contribution in [0.15, 0.2) is 34.2 Å². The van der Waals surface area contributed by atoms with E-state index in [1.54, 1.807) is 0 Å². The summed E-state index contributed by atoms with van der Waals surface area (Å²) in [7, 11) is 0. The lowest BCUT2D eigenvalue weighted by Gasteiger charge is -2.02. The highest BCUT2D eigenvalue weighted by molar-refractivity contribution is 7.98. The molecule has 0 bridgehead atoms. The minimum absolute atomic E-state index is 0.0182. The highest BCUT2D eigenvalue weighted by atomic mass is 32.2. The molecule has 0 spiro atoms. The van der Waals surface area contributed by atoms with Gasteiger partial charge in [0.1, 0.15) is 5.82 Å². The van der Waals surface area contributed by atoms with Gasteiger partial charge in [0, 0.05) is 5.56 Å². The van der Waals surface area contributed by atoms with Crippen LogP contribution >= 0.6 is 11.8 Å². The summed E-state index contributed by atoms with van der Waals surface area (Å²) in [6.45, 7) is 0. The molecule has 2 aromatic heterocycles. The largest absolute Gasteiger partial charge is 0.341 e. The van der Waals surface area contributed by atoms with Gasteiger partial charge in [0.25, 0.3) is 5.56 Å². The van der Waals surface area contributed by atoms with Gasteiger partial charge in [0.15, 0.2) is 5.16 Å². The van der Waals surface area contributed by atoms with Gasteiger partial charge in [-0.1, -0.05) is 23.9 Å². The molecule has 1 aromatic carbocycles. The Morgan fingerprint density at radius 3 is 2.95 bits per heavy atom. The molecule has 3 aromatic rings. The van der Waals surface area contributed by atoms with Crippen LogP contribution in [0.4, 0.5) is 0 Å². The lowest BCUT2D eigenvalue weighted by atomic mass is 10.3. The first kappa shape index (κ1) is 12.6. The minimum atomic E-state index is 0.0182. The molecule has 2 N–H and O–H groups in total. The smallest absolute Gasteiger partial charge is 0.254 e. The zero-order valence-electron chi connectivity index (χ0n) is 11.3. The van der Waals surface area contributed by atoms with Gasteiger partial charge < -0.3 is 9.97 Å². The van der Waals surface area contributed by atoms with E-state index in [4.69, 9.17) is 0 Å². The van der Waals surface area contributed by atoms with Gasteiger partial charge in [-0.2, -0.15) is 0 Å². The summed E-state index contributed by atoms with van der Waals surface area (Å²) in [6, 6.07) is 7.94. The van der Waals surface area contributed by atoms with E-state index in [2.05, 4.69) is 19.9 Å². The van der Waals surface area contributed by atoms with E-state index in [0.29, 0.717) is 10.9 Å². The summed E-state index contributed by atoms with van der Waals surface area (Å²) in [5.74, 6) is 1.56. The summed E-state index contributed by atoms with van der Waals surface area (Å²) in [6.07, 6.45) is 2.80. The molecule has 4 rings (SSSR count). The van der Waals surface area contributed by atoms with Crippen molar-refractivity contribution in [3.63, 3.8) is 0 Å². The predicted molar refractivity (Wildman–Crippen MR) is 82.5 cm³/mol. The second kappa shape index (κ2) is 5.04. The number of nitrogens with one attached hydrogen (secondary N) is 2. The van der Waals surface area contributed by atoms with Crippen LogP contribution in [0.3, 0.4) is 0 Å². The van der Waals surface area contributed by atoms with Gasteiger partial charge >= 0.3 is 0 Å². The molecule has 21 heavy (non-hydrogen) atoms. The Hall–Kier alpha value is -2.08. The van der Waals surface area contributed by atoms with Gasteiger partial charge in [-0.05, 0) is 31.4 Å². The van der Waals surface area contributed by atoms with E-state index in [1.165, 1.54) is 11.8 Å². The molecule has 0 aliphatic heterocycles. The second-order valence-corrected chi connectivity index (χ2v) is 6.10. The molecule has 6 heteroatoms. The predicted octanol–water partition coefficient (Wildman–Crippen LogP) is 2.43. The van der Waals surface area contributed by atoms with Crippen molar-refractivity contribution in [3.05, 3.63) is 51.7 Å². The van der Waals surface area contributed by atoms with Crippen LogP contribution in [0.2, 0.25) is 0 Å². The maximum absolute atomic E-state index is 12.0. The number of thioether (sulfide) groups is 1. The van der Waals surface area contributed by atoms with E-state index in [9.17, 15) is 4.79 Å². The average Bonchev–Trinajstić information content (AvgIpc) is 3.11. The van der Waals surface area contributed by atoms with Crippen molar-refractivity contribution in [2.75, 3.05) is 0 Å². The first-order valence-electron chi connectivity index (χ1n) is 6.98. The Labute approximate surface area is 125 Å². The van der Waals surface area contributed by atoms with Gasteiger partial charge in [0.05, 0.1) is 22.5 Å². The van der Waals surface area contributed by atoms with Crippen LogP contribution in [-0.2, 0) is 18.6 Å². The van der Waals surface area contributed by atoms with Crippen molar-refractivity contribution in [1.82, 2.24) is 19.9 Å². The summed E-state index contributed by atoms with van der Waals surface area (Å²) >= 11 is 1.51. The second-order valence-electron chi connectivity index (χ2n) is 5.14. The Kier molecular flexibility index (Phi) is 3.03. The van der Waals surface area contributed by atoms with Crippen molar-refractivity contribution in [1.29, 1.82) is 0 Å². The summed E-state index contributed by atoms with van der Waals surface area (Å²) in [5.41, 5.74) is 3.84. The highest BCUT2D eigenvalue weighted by Gasteiger charge is 2.17. The van der Waals surface area contributed by atoms with Crippen LogP contribution < -0.4 is 5.56 Å². The van der Waals surface area contributed by atoms with Gasteiger partial charge in [-0.15, -0.1) is 0 Å². The standard InChI is InChI=1S/C15H14N4OS/c20-14-9-4-3-7-10(9)18-15(19-14)21-8-13-16-11-5-1-2-6-12(11)17-13/h1-2,5-6H,3-4,7-8H2,(H,16,17)(H,18,19,20). The molecular weight excluding hydrogens is 284 g/mol. The zero-order valence-corrected chi connectivity index (χ0v) is 12.2. The summed E-state index contributed by atoms with van der Waals surface area (Å²) < 4.78 is 0. The molecule has 5 nitrogen and oxygen atoms in total. The monoisotopic (exact) mass is 298 g/mol. The Bertz CT molecular complexity index is 834. The number of nitrogens with zero attached hydrogens (tertiary/aromatic N) is 2. The normalized spacial score (nSPS) is 13.7. The van der Waals surface area contributed by atoms with E-state index in [-0.39, 0.29) is 5.56 Å². The lowest BCUT2D eigenvalue weighted by Crippen LogP contribution is -2.14. The number of hydrogen-bond acceptors (Lipinski definition) is 4. The van der Waals surface area contributed by atoms with Crippen LogP contribution in [0.5, 0.6) is 0 Å². The molecular formula is C15H14N4OS. The molecule has 0 saturated carbocycles.